The van der Waals surface area contributed by atoms with Crippen LogP contribution in [0.1, 0.15) is 17.0 Å². The lowest BCUT2D eigenvalue weighted by atomic mass is 10.1. The first-order valence-electron chi connectivity index (χ1n) is 6.47. The number of ether oxygens (including phenoxy) is 1. The summed E-state index contributed by atoms with van der Waals surface area (Å²) in [6, 6.07) is 10.4. The van der Waals surface area contributed by atoms with Crippen molar-refractivity contribution < 1.29 is 4.74 Å². The van der Waals surface area contributed by atoms with E-state index in [0.717, 1.165) is 23.2 Å². The molecule has 1 aromatic heterocycles. The van der Waals surface area contributed by atoms with Gasteiger partial charge in [0.05, 0.1) is 6.54 Å². The van der Waals surface area contributed by atoms with E-state index in [1.54, 1.807) is 0 Å². The van der Waals surface area contributed by atoms with Gasteiger partial charge in [0, 0.05) is 22.3 Å². The highest BCUT2D eigenvalue weighted by Crippen LogP contribution is 2.31. The third-order valence-electron chi connectivity index (χ3n) is 3.51. The number of nitrogens with one attached hydrogen (secondary N) is 1. The van der Waals surface area contributed by atoms with Crippen LogP contribution < -0.4 is 10.2 Å². The highest BCUT2D eigenvalue weighted by Gasteiger charge is 2.22. The zero-order chi connectivity index (χ0) is 13.4. The number of hydrogen-bond acceptors (Lipinski definition) is 2. The Morgan fingerprint density at radius 1 is 1.26 bits per heavy atom. The summed E-state index contributed by atoms with van der Waals surface area (Å²) in [5, 5.41) is 0. The van der Waals surface area contributed by atoms with E-state index in [4.69, 9.17) is 4.74 Å². The van der Waals surface area contributed by atoms with Gasteiger partial charge in [-0.15, -0.1) is 0 Å². The topological polar surface area (TPSA) is 26.2 Å². The Bertz CT molecular complexity index is 587. The molecule has 0 amide bonds. The van der Waals surface area contributed by atoms with Crippen LogP contribution in [-0.2, 0) is 6.42 Å². The van der Waals surface area contributed by atoms with Gasteiger partial charge < -0.3 is 10.2 Å². The quantitative estimate of drug-likeness (QED) is 0.937. The maximum Gasteiger partial charge on any atom is 0.123 e. The van der Waals surface area contributed by atoms with Crippen LogP contribution in [0.15, 0.2) is 34.8 Å². The Kier molecular flexibility index (Phi) is 3.27. The molecule has 0 saturated carbocycles. The molecule has 3 nitrogen and oxygen atoms in total. The first-order chi connectivity index (χ1) is 9.13. The molecule has 1 atom stereocenters. The number of nitrogens with zero attached hydrogens (tertiary/aromatic N) is 1. The Labute approximate surface area is 121 Å². The van der Waals surface area contributed by atoms with Gasteiger partial charge in [0.25, 0.3) is 0 Å². The van der Waals surface area contributed by atoms with Crippen molar-refractivity contribution in [1.82, 2.24) is 4.68 Å². The number of aromatic nitrogens is 1. The Balaban J connectivity index is 1.65. The largest absolute Gasteiger partial charge is 0.488 e. The maximum absolute atomic E-state index is 5.94. The summed E-state index contributed by atoms with van der Waals surface area (Å²) in [6.45, 7) is 5.01. The number of halogens is 1. The maximum atomic E-state index is 5.94. The molecule has 4 heteroatoms. The van der Waals surface area contributed by atoms with E-state index in [0.29, 0.717) is 0 Å². The second-order valence-corrected chi connectivity index (χ2v) is 5.93. The van der Waals surface area contributed by atoms with Crippen LogP contribution in [0.2, 0.25) is 0 Å². The van der Waals surface area contributed by atoms with E-state index in [2.05, 4.69) is 58.1 Å². The zero-order valence-electron chi connectivity index (χ0n) is 11.1. The molecule has 2 aromatic rings. The van der Waals surface area contributed by atoms with Crippen molar-refractivity contribution in [3.63, 3.8) is 0 Å². The minimum atomic E-state index is 0.200. The first kappa shape index (κ1) is 12.6. The first-order valence-corrected chi connectivity index (χ1v) is 7.26. The Hall–Kier alpha value is -1.42. The predicted molar refractivity (Wildman–Crippen MR) is 80.4 cm³/mol. The second kappa shape index (κ2) is 4.93. The van der Waals surface area contributed by atoms with Crippen molar-refractivity contribution in [2.24, 2.45) is 0 Å². The molecule has 0 saturated heterocycles. The fourth-order valence-electron chi connectivity index (χ4n) is 2.51. The average Bonchev–Trinajstić information content (AvgIpc) is 2.91. The fraction of sp³-hybridized carbons (Fsp3) is 0.333. The van der Waals surface area contributed by atoms with Gasteiger partial charge in [0.2, 0.25) is 0 Å². The summed E-state index contributed by atoms with van der Waals surface area (Å²) in [7, 11) is 0. The molecule has 1 N–H and O–H groups in total. The van der Waals surface area contributed by atoms with Crippen molar-refractivity contribution in [3.8, 4) is 5.75 Å². The Morgan fingerprint density at radius 2 is 2.00 bits per heavy atom. The molecule has 1 aliphatic rings. The fourth-order valence-corrected chi connectivity index (χ4v) is 2.92. The molecular formula is C15H17BrN2O. The van der Waals surface area contributed by atoms with Crippen LogP contribution in [0.25, 0.3) is 0 Å². The molecule has 0 fully saturated rings. The Morgan fingerprint density at radius 3 is 2.74 bits per heavy atom. The molecule has 0 radical (unpaired) electrons. The van der Waals surface area contributed by atoms with Gasteiger partial charge in [0.15, 0.2) is 0 Å². The van der Waals surface area contributed by atoms with Gasteiger partial charge in [0.1, 0.15) is 11.9 Å². The molecule has 1 unspecified atom stereocenters. The molecule has 1 aromatic carbocycles. The number of fused-ring (bicyclic) bond motifs is 1. The number of hydrogen-bond donors (Lipinski definition) is 1. The van der Waals surface area contributed by atoms with Gasteiger partial charge in [-0.25, -0.2) is 0 Å². The summed E-state index contributed by atoms with van der Waals surface area (Å²) in [4.78, 5) is 0. The van der Waals surface area contributed by atoms with Gasteiger partial charge in [-0.05, 0) is 49.7 Å². The van der Waals surface area contributed by atoms with E-state index in [-0.39, 0.29) is 6.10 Å². The second-order valence-electron chi connectivity index (χ2n) is 5.01. The van der Waals surface area contributed by atoms with Gasteiger partial charge in [-0.3, -0.25) is 4.68 Å². The number of aryl methyl sites for hydroxylation is 2. The van der Waals surface area contributed by atoms with Crippen LogP contribution in [0.4, 0.5) is 0 Å². The van der Waals surface area contributed by atoms with Gasteiger partial charge in [-0.1, -0.05) is 15.9 Å². The van der Waals surface area contributed by atoms with Crippen LogP contribution in [0.5, 0.6) is 5.75 Å². The van der Waals surface area contributed by atoms with E-state index < -0.39 is 0 Å². The van der Waals surface area contributed by atoms with E-state index in [9.17, 15) is 0 Å². The summed E-state index contributed by atoms with van der Waals surface area (Å²) >= 11 is 3.50. The molecule has 0 aliphatic carbocycles. The molecule has 0 spiro atoms. The third kappa shape index (κ3) is 2.50. The molecule has 0 bridgehead atoms. The number of benzene rings is 1. The smallest absolute Gasteiger partial charge is 0.123 e. The van der Waals surface area contributed by atoms with E-state index >= 15 is 0 Å². The summed E-state index contributed by atoms with van der Waals surface area (Å²) in [6.07, 6.45) is 1.16. The normalized spacial score (nSPS) is 17.1. The monoisotopic (exact) mass is 320 g/mol. The third-order valence-corrected chi connectivity index (χ3v) is 4.01. The van der Waals surface area contributed by atoms with Crippen LogP contribution in [0.3, 0.4) is 0 Å². The summed E-state index contributed by atoms with van der Waals surface area (Å²) < 4.78 is 9.17. The number of rotatable bonds is 3. The van der Waals surface area contributed by atoms with Crippen molar-refractivity contribution >= 4 is 15.9 Å². The highest BCUT2D eigenvalue weighted by molar-refractivity contribution is 9.10. The van der Waals surface area contributed by atoms with E-state index in [1.165, 1.54) is 17.0 Å². The molecule has 1 aliphatic heterocycles. The molecule has 19 heavy (non-hydrogen) atoms. The zero-order valence-corrected chi connectivity index (χ0v) is 12.7. The minimum absolute atomic E-state index is 0.200. The van der Waals surface area contributed by atoms with Crippen molar-refractivity contribution in [1.29, 1.82) is 0 Å². The minimum Gasteiger partial charge on any atom is -0.488 e. The summed E-state index contributed by atoms with van der Waals surface area (Å²) in [5.41, 5.74) is 7.15. The lowest BCUT2D eigenvalue weighted by molar-refractivity contribution is 0.242. The van der Waals surface area contributed by atoms with Crippen molar-refractivity contribution in [3.05, 3.63) is 51.8 Å². The lowest BCUT2D eigenvalue weighted by Crippen LogP contribution is -2.30. The van der Waals surface area contributed by atoms with E-state index in [1.807, 2.05) is 12.1 Å². The predicted octanol–water partition coefficient (Wildman–Crippen LogP) is 3.41. The van der Waals surface area contributed by atoms with Crippen LogP contribution >= 0.6 is 15.9 Å². The lowest BCUT2D eigenvalue weighted by Gasteiger charge is -2.16. The standard InChI is InChI=1S/C15H17BrN2O/c1-10-3-4-11(2)18(10)17-9-14-8-12-7-13(16)5-6-15(12)19-14/h3-7,14,17H,8-9H2,1-2H3. The average molecular weight is 321 g/mol. The SMILES string of the molecule is Cc1ccc(C)n1NCC1Cc2cc(Br)ccc2O1. The molecule has 2 heterocycles. The van der Waals surface area contributed by atoms with Gasteiger partial charge in [-0.2, -0.15) is 0 Å². The molecule has 100 valence electrons. The highest BCUT2D eigenvalue weighted by atomic mass is 79.9. The van der Waals surface area contributed by atoms with Crippen molar-refractivity contribution in [2.75, 3.05) is 12.0 Å². The van der Waals surface area contributed by atoms with Crippen molar-refractivity contribution in [2.45, 2.75) is 26.4 Å². The molecule has 3 rings (SSSR count). The molecular weight excluding hydrogens is 304 g/mol. The van der Waals surface area contributed by atoms with Crippen LogP contribution in [0, 0.1) is 13.8 Å². The summed E-state index contributed by atoms with van der Waals surface area (Å²) in [5.74, 6) is 1.01. The van der Waals surface area contributed by atoms with Crippen LogP contribution in [-0.4, -0.2) is 17.3 Å². The van der Waals surface area contributed by atoms with Gasteiger partial charge >= 0.3 is 0 Å².